The highest BCUT2D eigenvalue weighted by molar-refractivity contribution is 6.21. The molecule has 2 heterocycles. The highest BCUT2D eigenvalue weighted by Gasteiger charge is 2.18. The number of aromatic nitrogens is 1. The van der Waals surface area contributed by atoms with Gasteiger partial charge in [-0.05, 0) is 64.9 Å². The molecule has 0 aliphatic heterocycles. The van der Waals surface area contributed by atoms with Crippen LogP contribution in [-0.2, 0) is 0 Å². The lowest BCUT2D eigenvalue weighted by Gasteiger charge is -2.10. The first-order chi connectivity index (χ1) is 14.7. The summed E-state index contributed by atoms with van der Waals surface area (Å²) in [4.78, 5) is 13.4. The van der Waals surface area contributed by atoms with Gasteiger partial charge in [-0.2, -0.15) is 0 Å². The molecular formula is C28H19NO. The lowest BCUT2D eigenvalue weighted by atomic mass is 9.95. The summed E-state index contributed by atoms with van der Waals surface area (Å²) in [6.45, 7) is 6.06. The van der Waals surface area contributed by atoms with Gasteiger partial charge in [0.2, 0.25) is 0 Å². The normalized spacial score (nSPS) is 11.8. The van der Waals surface area contributed by atoms with Crippen LogP contribution in [0.15, 0.2) is 90.2 Å². The number of hydrogen-bond donors (Lipinski definition) is 0. The second kappa shape index (κ2) is 6.04. The summed E-state index contributed by atoms with van der Waals surface area (Å²) >= 11 is 0. The second-order valence-corrected chi connectivity index (χ2v) is 7.90. The number of benzene rings is 4. The van der Waals surface area contributed by atoms with Crippen LogP contribution >= 0.6 is 0 Å². The summed E-state index contributed by atoms with van der Waals surface area (Å²) in [5.74, 6) is 0. The smallest absolute Gasteiger partial charge is 0.263 e. The molecule has 30 heavy (non-hydrogen) atoms. The molecular weight excluding hydrogens is 366 g/mol. The van der Waals surface area contributed by atoms with Crippen molar-refractivity contribution in [2.45, 2.75) is 6.92 Å². The maximum Gasteiger partial charge on any atom is 0.263 e. The van der Waals surface area contributed by atoms with Gasteiger partial charge in [0.05, 0.1) is 11.0 Å². The number of pyridine rings is 1. The Morgan fingerprint density at radius 3 is 2.17 bits per heavy atom. The average molecular weight is 385 g/mol. The summed E-state index contributed by atoms with van der Waals surface area (Å²) in [5.41, 5.74) is 6.65. The molecule has 0 fully saturated rings. The van der Waals surface area contributed by atoms with Crippen molar-refractivity contribution in [3.63, 3.8) is 0 Å². The van der Waals surface area contributed by atoms with Crippen LogP contribution < -0.4 is 5.56 Å². The summed E-state index contributed by atoms with van der Waals surface area (Å²) in [6, 6.07) is 27.0. The molecule has 0 spiro atoms. The lowest BCUT2D eigenvalue weighted by Crippen LogP contribution is -2.12. The molecule has 6 rings (SSSR count). The molecule has 6 aromatic rings. The Labute approximate surface area is 173 Å². The Balaban J connectivity index is 1.87. The van der Waals surface area contributed by atoms with Gasteiger partial charge in [-0.25, -0.2) is 0 Å². The molecule has 0 amide bonds. The van der Waals surface area contributed by atoms with Gasteiger partial charge in [-0.15, -0.1) is 0 Å². The monoisotopic (exact) mass is 385 g/mol. The van der Waals surface area contributed by atoms with Crippen molar-refractivity contribution in [1.29, 1.82) is 0 Å². The molecule has 0 aliphatic carbocycles. The zero-order chi connectivity index (χ0) is 20.4. The minimum atomic E-state index is 0.0429. The Bertz CT molecular complexity index is 1690. The molecule has 2 nitrogen and oxygen atoms in total. The first-order valence-electron chi connectivity index (χ1n) is 10.1. The van der Waals surface area contributed by atoms with Crippen LogP contribution in [0.1, 0.15) is 11.1 Å². The Hall–Kier alpha value is -3.91. The van der Waals surface area contributed by atoms with Crippen molar-refractivity contribution in [3.8, 4) is 11.1 Å². The van der Waals surface area contributed by atoms with Crippen LogP contribution in [0.5, 0.6) is 0 Å². The quantitative estimate of drug-likeness (QED) is 0.300. The summed E-state index contributed by atoms with van der Waals surface area (Å²) in [6.07, 6.45) is 1.90. The van der Waals surface area contributed by atoms with E-state index in [2.05, 4.69) is 56.0 Å². The third kappa shape index (κ3) is 2.16. The first kappa shape index (κ1) is 17.0. The SMILES string of the molecule is C=Cc1cc(-c2cc3c4ccccc4c(=O)n4c5ccccc5c(c2)c34)ccc1C. The highest BCUT2D eigenvalue weighted by atomic mass is 16.1. The van der Waals surface area contributed by atoms with Gasteiger partial charge in [0.25, 0.3) is 5.56 Å². The molecule has 0 atom stereocenters. The van der Waals surface area contributed by atoms with Gasteiger partial charge in [0.1, 0.15) is 0 Å². The van der Waals surface area contributed by atoms with Gasteiger partial charge >= 0.3 is 0 Å². The van der Waals surface area contributed by atoms with Crippen molar-refractivity contribution >= 4 is 44.0 Å². The van der Waals surface area contributed by atoms with E-state index >= 15 is 0 Å². The molecule has 0 N–H and O–H groups in total. The number of rotatable bonds is 2. The van der Waals surface area contributed by atoms with Crippen LogP contribution in [-0.4, -0.2) is 4.40 Å². The molecule has 0 bridgehead atoms. The molecule has 0 radical (unpaired) electrons. The van der Waals surface area contributed by atoms with Crippen molar-refractivity contribution in [3.05, 3.63) is 107 Å². The van der Waals surface area contributed by atoms with Crippen LogP contribution in [0, 0.1) is 6.92 Å². The average Bonchev–Trinajstić information content (AvgIpc) is 3.13. The molecule has 142 valence electrons. The molecule has 0 unspecified atom stereocenters. The van der Waals surface area contributed by atoms with E-state index in [0.717, 1.165) is 54.7 Å². The standard InChI is InChI=1S/C28H19NO/c1-3-18-14-19(13-12-17(18)2)20-15-24-21-8-4-5-10-23(21)28(30)29-26-11-7-6-9-22(26)25(16-20)27(24)29/h3-16H,1H2,2H3. The fraction of sp³-hybridized carbons (Fsp3) is 0.0357. The van der Waals surface area contributed by atoms with E-state index in [9.17, 15) is 4.79 Å². The highest BCUT2D eigenvalue weighted by Crippen LogP contribution is 2.38. The number of para-hydroxylation sites is 1. The van der Waals surface area contributed by atoms with E-state index in [1.54, 1.807) is 0 Å². The maximum atomic E-state index is 13.4. The van der Waals surface area contributed by atoms with E-state index in [1.807, 2.05) is 46.9 Å². The Kier molecular flexibility index (Phi) is 3.42. The summed E-state index contributed by atoms with van der Waals surface area (Å²) in [5, 5.41) is 5.07. The van der Waals surface area contributed by atoms with Crippen molar-refractivity contribution < 1.29 is 0 Å². The third-order valence-corrected chi connectivity index (χ3v) is 6.25. The topological polar surface area (TPSA) is 21.5 Å². The number of fused-ring (bicyclic) bond motifs is 5. The van der Waals surface area contributed by atoms with Crippen molar-refractivity contribution in [2.24, 2.45) is 0 Å². The van der Waals surface area contributed by atoms with E-state index < -0.39 is 0 Å². The van der Waals surface area contributed by atoms with Crippen LogP contribution in [0.4, 0.5) is 0 Å². The maximum absolute atomic E-state index is 13.4. The molecule has 2 heteroatoms. The van der Waals surface area contributed by atoms with E-state index in [0.29, 0.717) is 0 Å². The van der Waals surface area contributed by atoms with Gasteiger partial charge < -0.3 is 0 Å². The number of hydrogen-bond acceptors (Lipinski definition) is 1. The van der Waals surface area contributed by atoms with Gasteiger partial charge in [0, 0.05) is 21.5 Å². The minimum Gasteiger partial charge on any atom is -0.275 e. The van der Waals surface area contributed by atoms with E-state index in [-0.39, 0.29) is 5.56 Å². The minimum absolute atomic E-state index is 0.0429. The van der Waals surface area contributed by atoms with E-state index in [4.69, 9.17) is 0 Å². The number of aryl methyl sites for hydroxylation is 1. The van der Waals surface area contributed by atoms with Crippen molar-refractivity contribution in [1.82, 2.24) is 4.40 Å². The molecule has 0 saturated carbocycles. The molecule has 4 aromatic carbocycles. The first-order valence-corrected chi connectivity index (χ1v) is 10.1. The Morgan fingerprint density at radius 1 is 0.733 bits per heavy atom. The molecule has 0 saturated heterocycles. The third-order valence-electron chi connectivity index (χ3n) is 6.25. The molecule has 0 aliphatic rings. The van der Waals surface area contributed by atoms with Crippen LogP contribution in [0.3, 0.4) is 0 Å². The largest absolute Gasteiger partial charge is 0.275 e. The predicted molar refractivity (Wildman–Crippen MR) is 128 cm³/mol. The van der Waals surface area contributed by atoms with Crippen LogP contribution in [0.2, 0.25) is 0 Å². The Morgan fingerprint density at radius 2 is 1.40 bits per heavy atom. The van der Waals surface area contributed by atoms with E-state index in [1.165, 1.54) is 5.56 Å². The zero-order valence-electron chi connectivity index (χ0n) is 16.6. The predicted octanol–water partition coefficient (Wildman–Crippen LogP) is 6.82. The van der Waals surface area contributed by atoms with Gasteiger partial charge in [-0.1, -0.05) is 61.2 Å². The second-order valence-electron chi connectivity index (χ2n) is 7.90. The molecule has 2 aromatic heterocycles. The fourth-order valence-electron chi connectivity index (χ4n) is 4.75. The zero-order valence-corrected chi connectivity index (χ0v) is 16.6. The lowest BCUT2D eigenvalue weighted by molar-refractivity contribution is 1.21. The van der Waals surface area contributed by atoms with Crippen LogP contribution in [0.25, 0.3) is 55.2 Å². The van der Waals surface area contributed by atoms with Crippen molar-refractivity contribution in [2.75, 3.05) is 0 Å². The summed E-state index contributed by atoms with van der Waals surface area (Å²) < 4.78 is 1.89. The van der Waals surface area contributed by atoms with Gasteiger partial charge in [-0.3, -0.25) is 9.20 Å². The summed E-state index contributed by atoms with van der Waals surface area (Å²) in [7, 11) is 0. The fourth-order valence-corrected chi connectivity index (χ4v) is 4.75. The number of nitrogens with zero attached hydrogens (tertiary/aromatic N) is 1. The van der Waals surface area contributed by atoms with Gasteiger partial charge in [0.15, 0.2) is 0 Å².